The van der Waals surface area contributed by atoms with Crippen molar-refractivity contribution < 1.29 is 0 Å². The van der Waals surface area contributed by atoms with Gasteiger partial charge in [0.25, 0.3) is 0 Å². The van der Waals surface area contributed by atoms with Crippen LogP contribution in [0.3, 0.4) is 0 Å². The largest absolute Gasteiger partial charge is 0.309 e. The molecule has 1 aliphatic carbocycles. The average molecular weight is 281 g/mol. The fraction of sp³-hybridized carbons (Fsp3) is 0.714. The summed E-state index contributed by atoms with van der Waals surface area (Å²) in [6, 6.07) is 0.461. The molecular formula is C14H21ClN4. The van der Waals surface area contributed by atoms with Crippen molar-refractivity contribution in [1.29, 1.82) is 0 Å². The molecule has 2 aromatic rings. The van der Waals surface area contributed by atoms with Gasteiger partial charge in [-0.05, 0) is 46.5 Å². The third kappa shape index (κ3) is 1.97. The number of hydrogen-bond donors (Lipinski definition) is 0. The van der Waals surface area contributed by atoms with Crippen LogP contribution in [-0.4, -0.2) is 19.3 Å². The molecule has 2 unspecified atom stereocenters. The number of nitrogens with zero attached hydrogens (tertiary/aromatic N) is 4. The molecule has 0 N–H and O–H groups in total. The molecule has 0 radical (unpaired) electrons. The van der Waals surface area contributed by atoms with Gasteiger partial charge in [-0.1, -0.05) is 0 Å². The van der Waals surface area contributed by atoms with E-state index in [0.717, 1.165) is 35.1 Å². The average Bonchev–Trinajstić information content (AvgIpc) is 3.06. The summed E-state index contributed by atoms with van der Waals surface area (Å²) in [5.74, 6) is 1.76. The standard InChI is InChI=1S/C14H21ClN4/c1-5-18-14-12(9(3)17-18)16-13(8(2)15)19(14)10(4)11-6-7-11/h8,10-11H,5-7H2,1-4H3. The number of aryl methyl sites for hydroxylation is 2. The van der Waals surface area contributed by atoms with Gasteiger partial charge in [0, 0.05) is 12.6 Å². The van der Waals surface area contributed by atoms with Crippen LogP contribution in [0.25, 0.3) is 11.2 Å². The zero-order valence-corrected chi connectivity index (χ0v) is 12.8. The minimum Gasteiger partial charge on any atom is -0.309 e. The molecule has 0 aliphatic heterocycles. The van der Waals surface area contributed by atoms with Crippen LogP contribution >= 0.6 is 11.6 Å². The van der Waals surface area contributed by atoms with Gasteiger partial charge in [0.1, 0.15) is 11.3 Å². The minimum absolute atomic E-state index is 0.0710. The summed E-state index contributed by atoms with van der Waals surface area (Å²) in [6.07, 6.45) is 2.63. The highest BCUT2D eigenvalue weighted by atomic mass is 35.5. The molecule has 2 atom stereocenters. The first-order valence-corrected chi connectivity index (χ1v) is 7.57. The van der Waals surface area contributed by atoms with Crippen LogP contribution in [0.1, 0.15) is 56.6 Å². The number of alkyl halides is 1. The number of aromatic nitrogens is 4. The van der Waals surface area contributed by atoms with Crippen molar-refractivity contribution in [3.8, 4) is 0 Å². The monoisotopic (exact) mass is 280 g/mol. The van der Waals surface area contributed by atoms with E-state index in [4.69, 9.17) is 16.6 Å². The fourth-order valence-electron chi connectivity index (χ4n) is 2.90. The Morgan fingerprint density at radius 3 is 2.58 bits per heavy atom. The van der Waals surface area contributed by atoms with Gasteiger partial charge in [-0.2, -0.15) is 5.10 Å². The Bertz CT molecular complexity index is 607. The quantitative estimate of drug-likeness (QED) is 0.798. The van der Waals surface area contributed by atoms with E-state index in [2.05, 4.69) is 28.2 Å². The summed E-state index contributed by atoms with van der Waals surface area (Å²) >= 11 is 6.34. The summed E-state index contributed by atoms with van der Waals surface area (Å²) < 4.78 is 4.38. The van der Waals surface area contributed by atoms with Crippen LogP contribution in [0.5, 0.6) is 0 Å². The second-order valence-electron chi connectivity index (χ2n) is 5.61. The van der Waals surface area contributed by atoms with Crippen LogP contribution in [0.4, 0.5) is 0 Å². The van der Waals surface area contributed by atoms with E-state index in [-0.39, 0.29) is 5.38 Å². The summed E-state index contributed by atoms with van der Waals surface area (Å²) in [4.78, 5) is 4.76. The summed E-state index contributed by atoms with van der Waals surface area (Å²) in [6.45, 7) is 9.29. The number of imidazole rings is 1. The van der Waals surface area contributed by atoms with Gasteiger partial charge in [-0.3, -0.25) is 0 Å². The van der Waals surface area contributed by atoms with Crippen molar-refractivity contribution in [2.24, 2.45) is 5.92 Å². The highest BCUT2D eigenvalue weighted by molar-refractivity contribution is 6.20. The first-order valence-electron chi connectivity index (χ1n) is 7.13. The molecule has 0 aromatic carbocycles. The van der Waals surface area contributed by atoms with Crippen molar-refractivity contribution in [1.82, 2.24) is 19.3 Å². The Morgan fingerprint density at radius 1 is 1.37 bits per heavy atom. The van der Waals surface area contributed by atoms with Crippen LogP contribution in [0, 0.1) is 12.8 Å². The second-order valence-corrected chi connectivity index (χ2v) is 6.26. The van der Waals surface area contributed by atoms with Crippen molar-refractivity contribution >= 4 is 22.8 Å². The Hall–Kier alpha value is -1.03. The SMILES string of the molecule is CCn1nc(C)c2nc(C(C)Cl)n(C(C)C3CC3)c21. The number of hydrogen-bond acceptors (Lipinski definition) is 2. The van der Waals surface area contributed by atoms with Gasteiger partial charge >= 0.3 is 0 Å². The van der Waals surface area contributed by atoms with E-state index in [1.54, 1.807) is 0 Å². The highest BCUT2D eigenvalue weighted by Crippen LogP contribution is 2.42. The molecule has 2 aromatic heterocycles. The zero-order valence-electron chi connectivity index (χ0n) is 12.0. The summed E-state index contributed by atoms with van der Waals surface area (Å²) in [5, 5.41) is 4.51. The maximum absolute atomic E-state index is 6.34. The normalized spacial score (nSPS) is 19.0. The molecule has 2 heterocycles. The molecule has 0 saturated heterocycles. The first-order chi connectivity index (χ1) is 9.04. The molecule has 4 nitrogen and oxygen atoms in total. The molecule has 0 spiro atoms. The van der Waals surface area contributed by atoms with E-state index in [1.807, 2.05) is 13.8 Å². The van der Waals surface area contributed by atoms with E-state index in [0.29, 0.717) is 6.04 Å². The Balaban J connectivity index is 2.26. The molecule has 3 rings (SSSR count). The van der Waals surface area contributed by atoms with Crippen LogP contribution in [0.2, 0.25) is 0 Å². The van der Waals surface area contributed by atoms with Gasteiger partial charge in [0.2, 0.25) is 0 Å². The molecule has 104 valence electrons. The summed E-state index contributed by atoms with van der Waals surface area (Å²) in [5.41, 5.74) is 3.15. The molecule has 0 amide bonds. The third-order valence-electron chi connectivity index (χ3n) is 4.14. The van der Waals surface area contributed by atoms with Gasteiger partial charge in [-0.25, -0.2) is 9.67 Å². The van der Waals surface area contributed by atoms with Gasteiger partial charge < -0.3 is 4.57 Å². The number of rotatable bonds is 4. The van der Waals surface area contributed by atoms with Crippen molar-refractivity contribution in [3.05, 3.63) is 11.5 Å². The van der Waals surface area contributed by atoms with Gasteiger partial charge in [0.15, 0.2) is 5.65 Å². The molecule has 19 heavy (non-hydrogen) atoms. The smallest absolute Gasteiger partial charge is 0.159 e. The van der Waals surface area contributed by atoms with Crippen molar-refractivity contribution in [2.45, 2.75) is 58.5 Å². The molecular weight excluding hydrogens is 260 g/mol. The molecule has 1 fully saturated rings. The lowest BCUT2D eigenvalue weighted by atomic mass is 10.2. The van der Waals surface area contributed by atoms with Crippen LogP contribution in [0.15, 0.2) is 0 Å². The lowest BCUT2D eigenvalue weighted by Crippen LogP contribution is -2.14. The highest BCUT2D eigenvalue weighted by Gasteiger charge is 2.33. The molecule has 1 saturated carbocycles. The first kappa shape index (κ1) is 13.0. The van der Waals surface area contributed by atoms with Crippen LogP contribution < -0.4 is 0 Å². The maximum Gasteiger partial charge on any atom is 0.159 e. The van der Waals surface area contributed by atoms with Gasteiger partial charge in [0.05, 0.1) is 11.1 Å². The molecule has 5 heteroatoms. The predicted octanol–water partition coefficient (Wildman–Crippen LogP) is 3.83. The molecule has 1 aliphatic rings. The lowest BCUT2D eigenvalue weighted by molar-refractivity contribution is 0.467. The van der Waals surface area contributed by atoms with E-state index < -0.39 is 0 Å². The topological polar surface area (TPSA) is 35.6 Å². The maximum atomic E-state index is 6.34. The Kier molecular flexibility index (Phi) is 3.08. The van der Waals surface area contributed by atoms with E-state index >= 15 is 0 Å². The van der Waals surface area contributed by atoms with Crippen molar-refractivity contribution in [3.63, 3.8) is 0 Å². The van der Waals surface area contributed by atoms with E-state index in [1.165, 1.54) is 12.8 Å². The van der Waals surface area contributed by atoms with Crippen molar-refractivity contribution in [2.75, 3.05) is 0 Å². The van der Waals surface area contributed by atoms with Gasteiger partial charge in [-0.15, -0.1) is 11.6 Å². The zero-order chi connectivity index (χ0) is 13.7. The Labute approximate surface area is 118 Å². The van der Waals surface area contributed by atoms with Crippen LogP contribution in [-0.2, 0) is 6.54 Å². The lowest BCUT2D eigenvalue weighted by Gasteiger charge is -2.18. The number of fused-ring (bicyclic) bond motifs is 1. The van der Waals surface area contributed by atoms with E-state index in [9.17, 15) is 0 Å². The third-order valence-corrected chi connectivity index (χ3v) is 4.33. The predicted molar refractivity (Wildman–Crippen MR) is 77.6 cm³/mol. The fourth-order valence-corrected chi connectivity index (χ4v) is 3.05. The minimum atomic E-state index is -0.0710. The number of halogens is 1. The Morgan fingerprint density at radius 2 is 2.05 bits per heavy atom. The molecule has 0 bridgehead atoms. The summed E-state index contributed by atoms with van der Waals surface area (Å²) in [7, 11) is 0. The second kappa shape index (κ2) is 4.51.